The number of Topliss-reactive ketones (excluding diaryl/α,β-unsaturated/α-hetero) is 1. The number of hydrogen-bond donors (Lipinski definition) is 4. The van der Waals surface area contributed by atoms with Gasteiger partial charge in [0.25, 0.3) is 0 Å². The van der Waals surface area contributed by atoms with Crippen LogP contribution in [-0.4, -0.2) is 86.0 Å². The number of hydrogen-bond acceptors (Lipinski definition) is 10. The van der Waals surface area contributed by atoms with Gasteiger partial charge in [0, 0.05) is 25.2 Å². The van der Waals surface area contributed by atoms with E-state index in [1.807, 2.05) is 0 Å². The lowest BCUT2D eigenvalue weighted by Crippen LogP contribution is -2.82. The molecule has 1 saturated heterocycles. The van der Waals surface area contributed by atoms with E-state index in [2.05, 4.69) is 0 Å². The molecule has 218 valence electrons. The molecule has 4 N–H and O–H groups in total. The average molecular weight is 559 g/mol. The summed E-state index contributed by atoms with van der Waals surface area (Å²) < 4.78 is 17.8. The lowest BCUT2D eigenvalue weighted by Gasteiger charge is -2.67. The number of carbonyl (C=O) groups is 3. The smallest absolute Gasteiger partial charge is 0.338 e. The Morgan fingerprint density at radius 3 is 2.23 bits per heavy atom. The minimum absolute atomic E-state index is 0.0876. The molecule has 1 aromatic carbocycles. The van der Waals surface area contributed by atoms with Crippen LogP contribution >= 0.6 is 0 Å². The van der Waals surface area contributed by atoms with Crippen molar-refractivity contribution in [2.45, 2.75) is 95.6 Å². The number of ether oxygens (including phenoxy) is 3. The fraction of sp³-hybridized carbons (Fsp3) is 0.633. The zero-order valence-electron chi connectivity index (χ0n) is 23.6. The Balaban J connectivity index is 1.84. The van der Waals surface area contributed by atoms with E-state index in [9.17, 15) is 34.8 Å². The minimum atomic E-state index is -2.10. The molecule has 1 aromatic rings. The van der Waals surface area contributed by atoms with Crippen molar-refractivity contribution in [1.29, 1.82) is 0 Å². The van der Waals surface area contributed by atoms with Crippen LogP contribution in [0.4, 0.5) is 0 Å². The highest BCUT2D eigenvalue weighted by molar-refractivity contribution is 5.94. The fourth-order valence-corrected chi connectivity index (χ4v) is 7.90. The number of esters is 2. The SMILES string of the molecule is CC(=O)O[C@@]12CO[C@@H]1C[C@H](O)[C@@]1(C)C(=O)[C@H](O)C3=C(C)[C@](C)(O)C[C@@](O)([C@@H](OC(=O)c4ccccc4)[C@H]21)C3(C)C. The van der Waals surface area contributed by atoms with Crippen molar-refractivity contribution in [1.82, 2.24) is 0 Å². The van der Waals surface area contributed by atoms with Gasteiger partial charge in [-0.25, -0.2) is 4.79 Å². The van der Waals surface area contributed by atoms with Crippen molar-refractivity contribution in [2.24, 2.45) is 16.7 Å². The molecule has 4 aliphatic rings. The first-order valence-electron chi connectivity index (χ1n) is 13.6. The molecule has 40 heavy (non-hydrogen) atoms. The van der Waals surface area contributed by atoms with Crippen LogP contribution in [0.5, 0.6) is 0 Å². The number of carbonyl (C=O) groups excluding carboxylic acids is 3. The van der Waals surface area contributed by atoms with Crippen molar-refractivity contribution in [3.8, 4) is 0 Å². The van der Waals surface area contributed by atoms with E-state index in [0.717, 1.165) is 0 Å². The first-order chi connectivity index (χ1) is 18.4. The zero-order valence-corrected chi connectivity index (χ0v) is 23.6. The molecule has 2 saturated carbocycles. The van der Waals surface area contributed by atoms with Gasteiger partial charge in [-0.3, -0.25) is 9.59 Å². The zero-order chi connectivity index (χ0) is 29.6. The molecule has 0 unspecified atom stereocenters. The summed E-state index contributed by atoms with van der Waals surface area (Å²) in [5.74, 6) is -3.63. The van der Waals surface area contributed by atoms with Gasteiger partial charge in [0.05, 0.1) is 35.2 Å². The molecule has 2 bridgehead atoms. The van der Waals surface area contributed by atoms with Gasteiger partial charge in [0.15, 0.2) is 11.4 Å². The van der Waals surface area contributed by atoms with Crippen molar-refractivity contribution >= 4 is 17.7 Å². The number of aliphatic hydroxyl groups is 4. The summed E-state index contributed by atoms with van der Waals surface area (Å²) in [5.41, 5.74) is -8.07. The summed E-state index contributed by atoms with van der Waals surface area (Å²) in [7, 11) is 0. The van der Waals surface area contributed by atoms with Crippen LogP contribution in [0.15, 0.2) is 41.5 Å². The minimum Gasteiger partial charge on any atom is -0.455 e. The monoisotopic (exact) mass is 558 g/mol. The number of benzene rings is 1. The summed E-state index contributed by atoms with van der Waals surface area (Å²) in [5, 5.41) is 47.5. The maximum absolute atomic E-state index is 14.4. The summed E-state index contributed by atoms with van der Waals surface area (Å²) in [4.78, 5) is 40.5. The molecule has 0 aromatic heterocycles. The maximum Gasteiger partial charge on any atom is 0.338 e. The van der Waals surface area contributed by atoms with Crippen molar-refractivity contribution in [2.75, 3.05) is 6.61 Å². The lowest BCUT2D eigenvalue weighted by molar-refractivity contribution is -0.346. The Hall–Kier alpha value is -2.63. The summed E-state index contributed by atoms with van der Waals surface area (Å²) in [6.07, 6.45) is -6.09. The first kappa shape index (κ1) is 28.9. The van der Waals surface area contributed by atoms with Crippen molar-refractivity contribution in [3.05, 3.63) is 47.0 Å². The third-order valence-electron chi connectivity index (χ3n) is 10.3. The Labute approximate surface area is 232 Å². The molecular weight excluding hydrogens is 520 g/mol. The largest absolute Gasteiger partial charge is 0.455 e. The molecule has 9 atom stereocenters. The predicted molar refractivity (Wildman–Crippen MR) is 140 cm³/mol. The Morgan fingerprint density at radius 1 is 1.05 bits per heavy atom. The Bertz CT molecular complexity index is 1280. The van der Waals surface area contributed by atoms with E-state index in [1.54, 1.807) is 39.0 Å². The normalized spacial score (nSPS) is 43.9. The molecule has 10 nitrogen and oxygen atoms in total. The highest BCUT2D eigenvalue weighted by Gasteiger charge is 2.78. The molecule has 5 rings (SSSR count). The van der Waals surface area contributed by atoms with Crippen LogP contribution in [0.2, 0.25) is 0 Å². The van der Waals surface area contributed by atoms with E-state index in [1.165, 1.54) is 32.9 Å². The first-order valence-corrected chi connectivity index (χ1v) is 13.6. The average Bonchev–Trinajstić information content (AvgIpc) is 2.86. The van der Waals surface area contributed by atoms with Crippen LogP contribution < -0.4 is 0 Å². The molecule has 1 aliphatic heterocycles. The number of fused-ring (bicyclic) bond motifs is 5. The van der Waals surface area contributed by atoms with Crippen LogP contribution in [0.1, 0.15) is 64.7 Å². The van der Waals surface area contributed by atoms with E-state index in [0.29, 0.717) is 5.57 Å². The molecule has 10 heteroatoms. The molecular formula is C30H38O10. The van der Waals surface area contributed by atoms with Crippen LogP contribution in [0.25, 0.3) is 0 Å². The third-order valence-corrected chi connectivity index (χ3v) is 10.3. The number of aliphatic hydroxyl groups excluding tert-OH is 2. The topological polar surface area (TPSA) is 160 Å². The van der Waals surface area contributed by atoms with Crippen LogP contribution in [0, 0.1) is 16.7 Å². The molecule has 0 amide bonds. The summed E-state index contributed by atoms with van der Waals surface area (Å²) >= 11 is 0. The van der Waals surface area contributed by atoms with Gasteiger partial charge < -0.3 is 34.6 Å². The Morgan fingerprint density at radius 2 is 1.68 bits per heavy atom. The molecule has 0 radical (unpaired) electrons. The highest BCUT2D eigenvalue weighted by atomic mass is 16.6. The molecule has 0 spiro atoms. The van der Waals surface area contributed by atoms with Gasteiger partial charge >= 0.3 is 11.9 Å². The maximum atomic E-state index is 14.4. The van der Waals surface area contributed by atoms with Gasteiger partial charge in [0.1, 0.15) is 23.9 Å². The second-order valence-electron chi connectivity index (χ2n) is 12.9. The fourth-order valence-electron chi connectivity index (χ4n) is 7.90. The van der Waals surface area contributed by atoms with Gasteiger partial charge in [-0.15, -0.1) is 0 Å². The van der Waals surface area contributed by atoms with Crippen LogP contribution in [-0.2, 0) is 23.8 Å². The van der Waals surface area contributed by atoms with E-state index in [-0.39, 0.29) is 30.6 Å². The number of ketones is 1. The van der Waals surface area contributed by atoms with Gasteiger partial charge in [-0.2, -0.15) is 0 Å². The molecule has 3 aliphatic carbocycles. The molecule has 1 heterocycles. The van der Waals surface area contributed by atoms with Crippen molar-refractivity contribution in [3.63, 3.8) is 0 Å². The summed E-state index contributed by atoms with van der Waals surface area (Å²) in [6, 6.07) is 8.09. The predicted octanol–water partition coefficient (Wildman–Crippen LogP) is 1.47. The van der Waals surface area contributed by atoms with Gasteiger partial charge in [0.2, 0.25) is 0 Å². The van der Waals surface area contributed by atoms with Crippen LogP contribution in [0.3, 0.4) is 0 Å². The van der Waals surface area contributed by atoms with E-state index < -0.39 is 75.7 Å². The Kier molecular flexibility index (Phi) is 6.45. The van der Waals surface area contributed by atoms with E-state index in [4.69, 9.17) is 14.2 Å². The standard InChI is InChI=1S/C30H38O10/c1-15-20-21(33)23(34)28(6)18(32)12-19-29(14-38-19,40-16(2)31)22(28)24(39-25(35)17-10-8-7-9-11-17)30(37,26(20,3)4)13-27(15,5)36/h7-11,18-19,21-22,24,32-33,36-37H,12-14H2,1-6H3/t18-,19+,21+,22-,24-,27+,28+,29-,30+/m0/s1. The van der Waals surface area contributed by atoms with Gasteiger partial charge in [-0.05, 0) is 44.1 Å². The second kappa shape index (κ2) is 8.93. The van der Waals surface area contributed by atoms with Crippen molar-refractivity contribution < 1.29 is 49.0 Å². The van der Waals surface area contributed by atoms with E-state index >= 15 is 0 Å². The second-order valence-corrected chi connectivity index (χ2v) is 12.9. The third kappa shape index (κ3) is 3.62. The quantitative estimate of drug-likeness (QED) is 0.316. The van der Waals surface area contributed by atoms with Gasteiger partial charge in [-0.1, -0.05) is 32.0 Å². The molecule has 3 fully saturated rings. The number of rotatable bonds is 3. The lowest BCUT2D eigenvalue weighted by atomic mass is 9.44. The summed E-state index contributed by atoms with van der Waals surface area (Å²) in [6.45, 7) is 8.76. The highest BCUT2D eigenvalue weighted by Crippen LogP contribution is 2.64.